The Morgan fingerprint density at radius 2 is 1.93 bits per heavy atom. The lowest BCUT2D eigenvalue weighted by Crippen LogP contribution is -2.33. The summed E-state index contributed by atoms with van der Waals surface area (Å²) < 4.78 is 0. The lowest BCUT2D eigenvalue weighted by Gasteiger charge is -2.29. The number of nitrogens with one attached hydrogen (secondary N) is 1. The highest BCUT2D eigenvalue weighted by molar-refractivity contribution is 5.85. The summed E-state index contributed by atoms with van der Waals surface area (Å²) in [6.07, 6.45) is 1.31. The van der Waals surface area contributed by atoms with Gasteiger partial charge in [0.05, 0.1) is 0 Å². The zero-order chi connectivity index (χ0) is 9.10. The second-order valence-electron chi connectivity index (χ2n) is 3.99. The molecule has 1 heterocycles. The van der Waals surface area contributed by atoms with Crippen LogP contribution in [-0.2, 0) is 0 Å². The van der Waals surface area contributed by atoms with Gasteiger partial charge in [0.25, 0.3) is 0 Å². The van der Waals surface area contributed by atoms with E-state index in [1.807, 2.05) is 0 Å². The molecule has 1 aliphatic rings. The standard InChI is InChI=1S/C12H17N.ClH/c1-10-7-8-13-9-12(10)11-5-3-2-4-6-11;/h2-6,10,12-13H,7-9H2,1H3;1H. The number of rotatable bonds is 1. The van der Waals surface area contributed by atoms with Crippen LogP contribution in [0.15, 0.2) is 30.3 Å². The Balaban J connectivity index is 0.000000980. The zero-order valence-corrected chi connectivity index (χ0v) is 9.39. The number of halogens is 1. The normalized spacial score (nSPS) is 26.6. The predicted octanol–water partition coefficient (Wildman–Crippen LogP) is 2.82. The maximum Gasteiger partial charge on any atom is 0.00227 e. The van der Waals surface area contributed by atoms with Crippen molar-refractivity contribution >= 4 is 12.4 Å². The molecule has 0 bridgehead atoms. The lowest BCUT2D eigenvalue weighted by molar-refractivity contribution is 0.348. The Hall–Kier alpha value is -0.530. The Morgan fingerprint density at radius 1 is 1.21 bits per heavy atom. The van der Waals surface area contributed by atoms with E-state index < -0.39 is 0 Å². The molecule has 1 nitrogen and oxygen atoms in total. The molecule has 1 fully saturated rings. The van der Waals surface area contributed by atoms with Crippen LogP contribution in [0.25, 0.3) is 0 Å². The van der Waals surface area contributed by atoms with E-state index in [9.17, 15) is 0 Å². The van der Waals surface area contributed by atoms with Gasteiger partial charge in [-0.15, -0.1) is 12.4 Å². The van der Waals surface area contributed by atoms with E-state index in [1.54, 1.807) is 0 Å². The van der Waals surface area contributed by atoms with Gasteiger partial charge in [-0.05, 0) is 30.4 Å². The van der Waals surface area contributed by atoms with Crippen molar-refractivity contribution in [2.45, 2.75) is 19.3 Å². The van der Waals surface area contributed by atoms with Crippen molar-refractivity contribution in [2.24, 2.45) is 5.92 Å². The highest BCUT2D eigenvalue weighted by Gasteiger charge is 2.21. The Morgan fingerprint density at radius 3 is 2.57 bits per heavy atom. The van der Waals surface area contributed by atoms with Gasteiger partial charge >= 0.3 is 0 Å². The first-order chi connectivity index (χ1) is 6.38. The maximum atomic E-state index is 3.46. The summed E-state index contributed by atoms with van der Waals surface area (Å²) >= 11 is 0. The summed E-state index contributed by atoms with van der Waals surface area (Å²) in [6, 6.07) is 10.8. The van der Waals surface area contributed by atoms with E-state index in [1.165, 1.54) is 18.5 Å². The van der Waals surface area contributed by atoms with Crippen molar-refractivity contribution in [2.75, 3.05) is 13.1 Å². The quantitative estimate of drug-likeness (QED) is 0.754. The van der Waals surface area contributed by atoms with Gasteiger partial charge in [0.15, 0.2) is 0 Å². The van der Waals surface area contributed by atoms with Crippen LogP contribution < -0.4 is 5.32 Å². The van der Waals surface area contributed by atoms with Crippen molar-refractivity contribution in [3.05, 3.63) is 35.9 Å². The lowest BCUT2D eigenvalue weighted by atomic mass is 9.83. The molecular weight excluding hydrogens is 194 g/mol. The highest BCUT2D eigenvalue weighted by Crippen LogP contribution is 2.28. The molecule has 0 saturated carbocycles. The number of benzene rings is 1. The van der Waals surface area contributed by atoms with Gasteiger partial charge in [-0.25, -0.2) is 0 Å². The second-order valence-corrected chi connectivity index (χ2v) is 3.99. The molecule has 2 unspecified atom stereocenters. The number of hydrogen-bond acceptors (Lipinski definition) is 1. The van der Waals surface area contributed by atoms with Gasteiger partial charge in [-0.2, -0.15) is 0 Å². The molecule has 1 N–H and O–H groups in total. The largest absolute Gasteiger partial charge is 0.316 e. The third-order valence-electron chi connectivity index (χ3n) is 3.06. The fraction of sp³-hybridized carbons (Fsp3) is 0.500. The second kappa shape index (κ2) is 5.38. The molecule has 2 atom stereocenters. The van der Waals surface area contributed by atoms with Gasteiger partial charge in [0.1, 0.15) is 0 Å². The monoisotopic (exact) mass is 211 g/mol. The minimum atomic E-state index is 0. The molecular formula is C12H18ClN. The van der Waals surface area contributed by atoms with Crippen LogP contribution in [-0.4, -0.2) is 13.1 Å². The molecule has 2 rings (SSSR count). The molecule has 1 aromatic rings. The SMILES string of the molecule is CC1CCNCC1c1ccccc1.Cl. The van der Waals surface area contributed by atoms with Crippen LogP contribution in [0.5, 0.6) is 0 Å². The fourth-order valence-corrected chi connectivity index (χ4v) is 2.14. The first-order valence-corrected chi connectivity index (χ1v) is 5.13. The number of piperidine rings is 1. The summed E-state index contributed by atoms with van der Waals surface area (Å²) in [4.78, 5) is 0. The molecule has 0 radical (unpaired) electrons. The third-order valence-corrected chi connectivity index (χ3v) is 3.06. The van der Waals surface area contributed by atoms with Gasteiger partial charge in [0, 0.05) is 6.54 Å². The van der Waals surface area contributed by atoms with E-state index in [0.717, 1.165) is 18.4 Å². The third kappa shape index (κ3) is 2.49. The molecule has 1 aromatic carbocycles. The molecule has 78 valence electrons. The molecule has 0 aliphatic carbocycles. The van der Waals surface area contributed by atoms with E-state index in [2.05, 4.69) is 42.6 Å². The van der Waals surface area contributed by atoms with Crippen molar-refractivity contribution in [3.8, 4) is 0 Å². The van der Waals surface area contributed by atoms with Crippen LogP contribution in [0.2, 0.25) is 0 Å². The van der Waals surface area contributed by atoms with Crippen LogP contribution >= 0.6 is 12.4 Å². The highest BCUT2D eigenvalue weighted by atomic mass is 35.5. The summed E-state index contributed by atoms with van der Waals surface area (Å²) in [7, 11) is 0. The maximum absolute atomic E-state index is 3.46. The average Bonchev–Trinajstić information content (AvgIpc) is 2.20. The van der Waals surface area contributed by atoms with E-state index in [-0.39, 0.29) is 12.4 Å². The van der Waals surface area contributed by atoms with Gasteiger partial charge in [0.2, 0.25) is 0 Å². The van der Waals surface area contributed by atoms with Crippen LogP contribution in [0.3, 0.4) is 0 Å². The first-order valence-electron chi connectivity index (χ1n) is 5.13. The van der Waals surface area contributed by atoms with E-state index in [0.29, 0.717) is 0 Å². The molecule has 14 heavy (non-hydrogen) atoms. The Kier molecular flexibility index (Phi) is 4.43. The van der Waals surface area contributed by atoms with Crippen molar-refractivity contribution in [3.63, 3.8) is 0 Å². The topological polar surface area (TPSA) is 12.0 Å². The molecule has 2 heteroatoms. The minimum Gasteiger partial charge on any atom is -0.316 e. The predicted molar refractivity (Wildman–Crippen MR) is 63.1 cm³/mol. The summed E-state index contributed by atoms with van der Waals surface area (Å²) in [5, 5.41) is 3.46. The van der Waals surface area contributed by atoms with Gasteiger partial charge < -0.3 is 5.32 Å². The summed E-state index contributed by atoms with van der Waals surface area (Å²) in [6.45, 7) is 4.69. The summed E-state index contributed by atoms with van der Waals surface area (Å²) in [5.41, 5.74) is 1.49. The molecule has 0 amide bonds. The smallest absolute Gasteiger partial charge is 0.00227 e. The van der Waals surface area contributed by atoms with Gasteiger partial charge in [-0.3, -0.25) is 0 Å². The van der Waals surface area contributed by atoms with E-state index in [4.69, 9.17) is 0 Å². The van der Waals surface area contributed by atoms with Crippen LogP contribution in [0.4, 0.5) is 0 Å². The van der Waals surface area contributed by atoms with Crippen molar-refractivity contribution in [1.29, 1.82) is 0 Å². The van der Waals surface area contributed by atoms with Crippen molar-refractivity contribution < 1.29 is 0 Å². The molecule has 0 spiro atoms. The Labute approximate surface area is 92.3 Å². The Bertz CT molecular complexity index is 260. The minimum absolute atomic E-state index is 0. The first kappa shape index (κ1) is 11.5. The molecule has 1 saturated heterocycles. The van der Waals surface area contributed by atoms with Gasteiger partial charge in [-0.1, -0.05) is 37.3 Å². The van der Waals surface area contributed by atoms with Crippen molar-refractivity contribution in [1.82, 2.24) is 5.32 Å². The van der Waals surface area contributed by atoms with E-state index >= 15 is 0 Å². The van der Waals surface area contributed by atoms with Crippen LogP contribution in [0, 0.1) is 5.92 Å². The molecule has 1 aliphatic heterocycles. The number of hydrogen-bond donors (Lipinski definition) is 1. The van der Waals surface area contributed by atoms with Crippen LogP contribution in [0.1, 0.15) is 24.8 Å². The summed E-state index contributed by atoms with van der Waals surface area (Å²) in [5.74, 6) is 1.54. The fourth-order valence-electron chi connectivity index (χ4n) is 2.14. The molecule has 0 aromatic heterocycles. The zero-order valence-electron chi connectivity index (χ0n) is 8.57. The average molecular weight is 212 g/mol.